The molecule has 3 aromatic rings. The molecule has 30 heavy (non-hydrogen) atoms. The number of nitrogens with zero attached hydrogens (tertiary/aromatic N) is 1. The van der Waals surface area contributed by atoms with Crippen LogP contribution in [0.15, 0.2) is 59.6 Å². The van der Waals surface area contributed by atoms with Crippen molar-refractivity contribution in [2.45, 2.75) is 36.6 Å². The van der Waals surface area contributed by atoms with Crippen molar-refractivity contribution in [1.29, 1.82) is 0 Å². The maximum Gasteiger partial charge on any atom is 0.241 e. The average Bonchev–Trinajstić information content (AvgIpc) is 3.17. The van der Waals surface area contributed by atoms with Crippen molar-refractivity contribution < 1.29 is 13.2 Å². The van der Waals surface area contributed by atoms with Gasteiger partial charge in [-0.1, -0.05) is 29.8 Å². The zero-order chi connectivity index (χ0) is 21.3. The van der Waals surface area contributed by atoms with Gasteiger partial charge >= 0.3 is 0 Å². The molecular formula is C22H24ClN3O3S. The molecule has 1 aromatic heterocycles. The van der Waals surface area contributed by atoms with E-state index >= 15 is 0 Å². The lowest BCUT2D eigenvalue weighted by atomic mass is 9.89. The van der Waals surface area contributed by atoms with Gasteiger partial charge < -0.3 is 9.88 Å². The molecule has 2 aromatic carbocycles. The normalized spacial score (nSPS) is 16.7. The third-order valence-electron chi connectivity index (χ3n) is 5.69. The number of piperidine rings is 1. The van der Waals surface area contributed by atoms with Crippen LogP contribution in [0.3, 0.4) is 0 Å². The molecule has 1 amide bonds. The number of hydrogen-bond donors (Lipinski definition) is 2. The van der Waals surface area contributed by atoms with Crippen LogP contribution in [-0.4, -0.2) is 43.3 Å². The Labute approximate surface area is 181 Å². The fourth-order valence-corrected chi connectivity index (χ4v) is 5.40. The number of aromatic nitrogens is 1. The quantitative estimate of drug-likeness (QED) is 0.625. The Morgan fingerprint density at radius 2 is 1.80 bits per heavy atom. The molecule has 0 spiro atoms. The van der Waals surface area contributed by atoms with E-state index < -0.39 is 16.1 Å². The molecule has 8 heteroatoms. The SMILES string of the molecule is C[C@H](NS(=O)(=O)c1ccc(Cl)cc1)C(=O)N1CCC(c2c[nH]c3ccccc23)CC1. The van der Waals surface area contributed by atoms with Crippen LogP contribution < -0.4 is 4.72 Å². The number of para-hydroxylation sites is 1. The molecule has 0 unspecified atom stereocenters. The lowest BCUT2D eigenvalue weighted by Crippen LogP contribution is -2.49. The van der Waals surface area contributed by atoms with E-state index in [1.165, 1.54) is 35.2 Å². The van der Waals surface area contributed by atoms with Gasteiger partial charge in [-0.3, -0.25) is 4.79 Å². The van der Waals surface area contributed by atoms with E-state index in [9.17, 15) is 13.2 Å². The summed E-state index contributed by atoms with van der Waals surface area (Å²) < 4.78 is 27.6. The molecule has 1 atom stereocenters. The van der Waals surface area contributed by atoms with E-state index in [-0.39, 0.29) is 10.8 Å². The van der Waals surface area contributed by atoms with Crippen LogP contribution in [-0.2, 0) is 14.8 Å². The second-order valence-corrected chi connectivity index (χ2v) is 9.84. The molecule has 158 valence electrons. The molecule has 0 aliphatic carbocycles. The van der Waals surface area contributed by atoms with Crippen molar-refractivity contribution in [2.75, 3.05) is 13.1 Å². The summed E-state index contributed by atoms with van der Waals surface area (Å²) in [7, 11) is -3.79. The first-order valence-corrected chi connectivity index (χ1v) is 11.8. The number of sulfonamides is 1. The first-order valence-electron chi connectivity index (χ1n) is 9.98. The number of hydrogen-bond acceptors (Lipinski definition) is 3. The van der Waals surface area contributed by atoms with Gasteiger partial charge in [-0.25, -0.2) is 8.42 Å². The molecule has 2 heterocycles. The highest BCUT2D eigenvalue weighted by molar-refractivity contribution is 7.89. The smallest absolute Gasteiger partial charge is 0.241 e. The number of likely N-dealkylation sites (tertiary alicyclic amines) is 1. The van der Waals surface area contributed by atoms with E-state index in [1.807, 2.05) is 12.1 Å². The number of carbonyl (C=O) groups excluding carboxylic acids is 1. The van der Waals surface area contributed by atoms with Crippen molar-refractivity contribution in [3.8, 4) is 0 Å². The summed E-state index contributed by atoms with van der Waals surface area (Å²) in [5.74, 6) is 0.177. The summed E-state index contributed by atoms with van der Waals surface area (Å²) in [6.45, 7) is 2.80. The van der Waals surface area contributed by atoms with Crippen molar-refractivity contribution in [3.63, 3.8) is 0 Å². The number of amides is 1. The highest BCUT2D eigenvalue weighted by atomic mass is 35.5. The fraction of sp³-hybridized carbons (Fsp3) is 0.318. The van der Waals surface area contributed by atoms with Crippen molar-refractivity contribution in [1.82, 2.24) is 14.6 Å². The number of H-pyrrole nitrogens is 1. The van der Waals surface area contributed by atoms with E-state index in [0.717, 1.165) is 18.4 Å². The molecule has 2 N–H and O–H groups in total. The number of nitrogens with one attached hydrogen (secondary N) is 2. The first-order chi connectivity index (χ1) is 14.3. The minimum Gasteiger partial charge on any atom is -0.361 e. The van der Waals surface area contributed by atoms with Gasteiger partial charge in [-0.2, -0.15) is 4.72 Å². The lowest BCUT2D eigenvalue weighted by molar-refractivity contribution is -0.133. The van der Waals surface area contributed by atoms with Gasteiger partial charge in [0.25, 0.3) is 0 Å². The summed E-state index contributed by atoms with van der Waals surface area (Å²) in [6.07, 6.45) is 3.77. The molecule has 0 radical (unpaired) electrons. The largest absolute Gasteiger partial charge is 0.361 e. The molecule has 1 aliphatic rings. The van der Waals surface area contributed by atoms with Crippen LogP contribution in [0.2, 0.25) is 5.02 Å². The van der Waals surface area contributed by atoms with E-state index in [1.54, 1.807) is 11.8 Å². The van der Waals surface area contributed by atoms with E-state index in [4.69, 9.17) is 11.6 Å². The van der Waals surface area contributed by atoms with E-state index in [0.29, 0.717) is 24.0 Å². The molecule has 0 bridgehead atoms. The van der Waals surface area contributed by atoms with Gasteiger partial charge in [-0.15, -0.1) is 0 Å². The van der Waals surface area contributed by atoms with Crippen LogP contribution in [0.1, 0.15) is 31.2 Å². The molecule has 4 rings (SSSR count). The van der Waals surface area contributed by atoms with Crippen molar-refractivity contribution >= 4 is 38.4 Å². The predicted octanol–water partition coefficient (Wildman–Crippen LogP) is 3.89. The van der Waals surface area contributed by atoms with Gasteiger partial charge in [-0.05, 0) is 61.6 Å². The average molecular weight is 446 g/mol. The first kappa shape index (κ1) is 20.9. The second-order valence-electron chi connectivity index (χ2n) is 7.69. The Morgan fingerprint density at radius 3 is 2.50 bits per heavy atom. The fourth-order valence-electron chi connectivity index (χ4n) is 4.08. The molecule has 0 saturated carbocycles. The monoisotopic (exact) mass is 445 g/mol. The van der Waals surface area contributed by atoms with Gasteiger partial charge in [0, 0.05) is 35.2 Å². The van der Waals surface area contributed by atoms with Crippen LogP contribution in [0, 0.1) is 0 Å². The molecule has 1 fully saturated rings. The summed E-state index contributed by atoms with van der Waals surface area (Å²) in [4.78, 5) is 18.0. The Hall–Kier alpha value is -2.35. The van der Waals surface area contributed by atoms with Gasteiger partial charge in [0.05, 0.1) is 10.9 Å². The summed E-state index contributed by atoms with van der Waals surface area (Å²) in [5.41, 5.74) is 2.41. The van der Waals surface area contributed by atoms with Crippen LogP contribution in [0.5, 0.6) is 0 Å². The third kappa shape index (κ3) is 4.24. The zero-order valence-electron chi connectivity index (χ0n) is 16.6. The van der Waals surface area contributed by atoms with Crippen molar-refractivity contribution in [2.24, 2.45) is 0 Å². The summed E-state index contributed by atoms with van der Waals surface area (Å²) in [5, 5.41) is 1.68. The topological polar surface area (TPSA) is 82.3 Å². The Bertz CT molecular complexity index is 1150. The molecule has 1 aliphatic heterocycles. The highest BCUT2D eigenvalue weighted by Gasteiger charge is 2.30. The Balaban J connectivity index is 1.38. The van der Waals surface area contributed by atoms with Crippen molar-refractivity contribution in [3.05, 3.63) is 65.3 Å². The van der Waals surface area contributed by atoms with Gasteiger partial charge in [0.1, 0.15) is 0 Å². The number of carbonyl (C=O) groups is 1. The zero-order valence-corrected chi connectivity index (χ0v) is 18.2. The number of fused-ring (bicyclic) bond motifs is 1. The van der Waals surface area contributed by atoms with Crippen LogP contribution in [0.4, 0.5) is 0 Å². The lowest BCUT2D eigenvalue weighted by Gasteiger charge is -2.33. The standard InChI is InChI=1S/C22H24ClN3O3S/c1-15(25-30(28,29)18-8-6-17(23)7-9-18)22(27)26-12-10-16(11-13-26)20-14-24-21-5-3-2-4-19(20)21/h2-9,14-16,24-25H,10-13H2,1H3/t15-/m0/s1. The third-order valence-corrected chi connectivity index (χ3v) is 7.50. The van der Waals surface area contributed by atoms with Crippen LogP contribution >= 0.6 is 11.6 Å². The summed E-state index contributed by atoms with van der Waals surface area (Å²) in [6, 6.07) is 13.3. The minimum absolute atomic E-state index is 0.0876. The van der Waals surface area contributed by atoms with Gasteiger partial charge in [0.2, 0.25) is 15.9 Å². The Morgan fingerprint density at radius 1 is 1.13 bits per heavy atom. The number of aromatic amines is 1. The number of halogens is 1. The highest BCUT2D eigenvalue weighted by Crippen LogP contribution is 2.33. The van der Waals surface area contributed by atoms with Gasteiger partial charge in [0.15, 0.2) is 0 Å². The maximum atomic E-state index is 12.8. The molecule has 6 nitrogen and oxygen atoms in total. The molecule has 1 saturated heterocycles. The predicted molar refractivity (Wildman–Crippen MR) is 118 cm³/mol. The number of benzene rings is 2. The maximum absolute atomic E-state index is 12.8. The minimum atomic E-state index is -3.79. The summed E-state index contributed by atoms with van der Waals surface area (Å²) >= 11 is 5.82. The van der Waals surface area contributed by atoms with E-state index in [2.05, 4.69) is 28.0 Å². The van der Waals surface area contributed by atoms with Crippen LogP contribution in [0.25, 0.3) is 10.9 Å². The Kier molecular flexibility index (Phi) is 5.86. The number of rotatable bonds is 5. The molecular weight excluding hydrogens is 422 g/mol. The second kappa shape index (κ2) is 8.41.